The molecule has 4 rings (SSSR count). The van der Waals surface area contributed by atoms with E-state index in [4.69, 9.17) is 44.3 Å². The topological polar surface area (TPSA) is 89.9 Å². The Kier molecular flexibility index (Phi) is 6.65. The van der Waals surface area contributed by atoms with Crippen LogP contribution >= 0.6 is 34.8 Å². The van der Waals surface area contributed by atoms with E-state index < -0.39 is 80.8 Å². The molecule has 3 fully saturated rings. The summed E-state index contributed by atoms with van der Waals surface area (Å²) in [6, 6.07) is -0.534. The molecular weight excluding hydrogens is 529 g/mol. The number of halogens is 5. The second-order valence-corrected chi connectivity index (χ2v) is 11.8. The lowest BCUT2D eigenvalue weighted by atomic mass is 9.44. The second kappa shape index (κ2) is 8.67. The van der Waals surface area contributed by atoms with Crippen molar-refractivity contribution in [1.82, 2.24) is 0 Å². The van der Waals surface area contributed by atoms with E-state index in [0.717, 1.165) is 6.08 Å². The van der Waals surface area contributed by atoms with Crippen LogP contribution in [0.3, 0.4) is 0 Å². The molecule has 0 aromatic rings. The highest BCUT2D eigenvalue weighted by Gasteiger charge is 2.78. The van der Waals surface area contributed by atoms with Crippen molar-refractivity contribution in [2.75, 3.05) is 6.07 Å². The van der Waals surface area contributed by atoms with Gasteiger partial charge >= 0.3 is 11.9 Å². The summed E-state index contributed by atoms with van der Waals surface area (Å²) < 4.78 is 43.5. The first-order valence-corrected chi connectivity index (χ1v) is 12.8. The first kappa shape index (κ1) is 26.8. The quantitative estimate of drug-likeness (QED) is 0.409. The van der Waals surface area contributed by atoms with Crippen LogP contribution in [0, 0.1) is 28.6 Å². The van der Waals surface area contributed by atoms with Gasteiger partial charge in [-0.05, 0) is 49.8 Å². The fourth-order valence-corrected chi connectivity index (χ4v) is 7.77. The summed E-state index contributed by atoms with van der Waals surface area (Å²) in [5.41, 5.74) is -7.29. The molecule has 11 heteroatoms. The van der Waals surface area contributed by atoms with Crippen LogP contribution in [0.25, 0.3) is 0 Å². The maximum absolute atomic E-state index is 17.3. The SMILES string of the molecule is C[C@@H]1C[C@H]2[C@@H]3C[C@H](F)C4=CC(=O)C=C[C@]4(C)[C@@]3(F)[C@@H](O)C[C@]2(C)[C@@]1(OC(=O)C(Cl)Cl)C(=O)OCCl. The molecule has 1 N–H and O–H groups in total. The second-order valence-electron chi connectivity index (χ2n) is 10.5. The molecule has 0 aromatic carbocycles. The number of fused-ring (bicyclic) bond motifs is 5. The summed E-state index contributed by atoms with van der Waals surface area (Å²) in [6.45, 7) is 4.72. The van der Waals surface area contributed by atoms with E-state index in [1.807, 2.05) is 0 Å². The fourth-order valence-electron chi connectivity index (χ4n) is 7.58. The summed E-state index contributed by atoms with van der Waals surface area (Å²) >= 11 is 17.1. The zero-order valence-corrected chi connectivity index (χ0v) is 21.7. The first-order chi connectivity index (χ1) is 16.2. The predicted octanol–water partition coefficient (Wildman–Crippen LogP) is 4.38. The number of allylic oxidation sites excluding steroid dienone is 4. The molecule has 0 aromatic heterocycles. The number of rotatable bonds is 4. The van der Waals surface area contributed by atoms with E-state index in [0.29, 0.717) is 0 Å². The molecule has 0 amide bonds. The van der Waals surface area contributed by atoms with Gasteiger partial charge in [0.15, 0.2) is 17.5 Å². The van der Waals surface area contributed by atoms with Gasteiger partial charge in [-0.25, -0.2) is 18.4 Å². The highest BCUT2D eigenvalue weighted by atomic mass is 35.5. The van der Waals surface area contributed by atoms with Gasteiger partial charge in [-0.3, -0.25) is 4.79 Å². The van der Waals surface area contributed by atoms with E-state index in [9.17, 15) is 19.5 Å². The minimum atomic E-state index is -2.35. The molecule has 4 aliphatic rings. The van der Waals surface area contributed by atoms with Crippen molar-refractivity contribution in [1.29, 1.82) is 0 Å². The molecule has 3 saturated carbocycles. The maximum Gasteiger partial charge on any atom is 0.352 e. The van der Waals surface area contributed by atoms with Crippen molar-refractivity contribution in [2.24, 2.45) is 28.6 Å². The third kappa shape index (κ3) is 3.39. The van der Waals surface area contributed by atoms with E-state index in [-0.39, 0.29) is 24.8 Å². The summed E-state index contributed by atoms with van der Waals surface area (Å²) in [5, 5.41) is 11.4. The average molecular weight is 556 g/mol. The monoisotopic (exact) mass is 554 g/mol. The molecule has 0 bridgehead atoms. The number of ketones is 1. The molecule has 35 heavy (non-hydrogen) atoms. The van der Waals surface area contributed by atoms with Crippen molar-refractivity contribution in [2.45, 2.75) is 68.4 Å². The zero-order valence-electron chi connectivity index (χ0n) is 19.4. The number of aliphatic hydroxyl groups excluding tert-OH is 1. The molecule has 0 unspecified atom stereocenters. The molecule has 194 valence electrons. The first-order valence-electron chi connectivity index (χ1n) is 11.4. The minimum absolute atomic E-state index is 0.0104. The fraction of sp³-hybridized carbons (Fsp3) is 0.708. The van der Waals surface area contributed by atoms with Gasteiger partial charge in [0.05, 0.1) is 6.10 Å². The van der Waals surface area contributed by atoms with Gasteiger partial charge in [-0.2, -0.15) is 0 Å². The Hall–Kier alpha value is -1.22. The lowest BCUT2D eigenvalue weighted by Gasteiger charge is -2.63. The van der Waals surface area contributed by atoms with Crippen LogP contribution in [-0.2, 0) is 23.9 Å². The third-order valence-electron chi connectivity index (χ3n) is 9.10. The van der Waals surface area contributed by atoms with Crippen molar-refractivity contribution >= 4 is 52.5 Å². The number of carbonyl (C=O) groups excluding carboxylic acids is 3. The molecule has 0 saturated heterocycles. The number of ether oxygens (including phenoxy) is 2. The van der Waals surface area contributed by atoms with Crippen LogP contribution < -0.4 is 0 Å². The Bertz CT molecular complexity index is 1020. The number of aliphatic hydroxyl groups is 1. The average Bonchev–Trinajstić information content (AvgIpc) is 2.99. The Morgan fingerprint density at radius 2 is 1.91 bits per heavy atom. The Balaban J connectivity index is 1.87. The van der Waals surface area contributed by atoms with Crippen LogP contribution in [0.1, 0.15) is 40.0 Å². The minimum Gasteiger partial charge on any atom is -0.446 e. The van der Waals surface area contributed by atoms with Crippen LogP contribution in [-0.4, -0.2) is 57.3 Å². The van der Waals surface area contributed by atoms with Crippen LogP contribution in [0.4, 0.5) is 8.78 Å². The number of alkyl halides is 5. The van der Waals surface area contributed by atoms with Gasteiger partial charge in [-0.15, -0.1) is 0 Å². The molecule has 9 atom stereocenters. The van der Waals surface area contributed by atoms with Gasteiger partial charge < -0.3 is 14.6 Å². The number of hydrogen-bond acceptors (Lipinski definition) is 6. The largest absolute Gasteiger partial charge is 0.446 e. The molecule has 4 aliphatic carbocycles. The van der Waals surface area contributed by atoms with Crippen molar-refractivity contribution in [3.8, 4) is 0 Å². The summed E-state index contributed by atoms with van der Waals surface area (Å²) in [5.74, 6) is -5.00. The molecule has 0 radical (unpaired) electrons. The van der Waals surface area contributed by atoms with Gasteiger partial charge in [-0.1, -0.05) is 54.7 Å². The summed E-state index contributed by atoms with van der Waals surface area (Å²) in [7, 11) is 0. The number of carbonyl (C=O) groups is 3. The standard InChI is InChI=1S/C24H27Cl3F2O6/c1-11-6-13-14-8-16(28)15-7-12(30)4-5-21(15,2)23(14,29)17(31)9-22(13,3)24(11,20(33)34-10-25)35-19(32)18(26)27/h4-5,7,11,13-14,16-18,31H,6,8-10H2,1-3H3/t11-,13+,14+,16+,17+,21+,22+,23+,24+/m1/s1. The van der Waals surface area contributed by atoms with Crippen LogP contribution in [0.15, 0.2) is 23.8 Å². The predicted molar refractivity (Wildman–Crippen MR) is 124 cm³/mol. The highest BCUT2D eigenvalue weighted by molar-refractivity contribution is 6.53. The van der Waals surface area contributed by atoms with Gasteiger partial charge in [0.25, 0.3) is 0 Å². The van der Waals surface area contributed by atoms with Gasteiger partial charge in [0.2, 0.25) is 10.4 Å². The van der Waals surface area contributed by atoms with Crippen molar-refractivity contribution in [3.63, 3.8) is 0 Å². The summed E-state index contributed by atoms with van der Waals surface area (Å²) in [4.78, 5) is 36.3. The van der Waals surface area contributed by atoms with E-state index in [1.54, 1.807) is 13.8 Å². The normalized spacial score (nSPS) is 46.4. The molecule has 6 nitrogen and oxygen atoms in total. The van der Waals surface area contributed by atoms with Crippen molar-refractivity contribution < 1.29 is 37.7 Å². The van der Waals surface area contributed by atoms with Crippen LogP contribution in [0.5, 0.6) is 0 Å². The number of hydrogen-bond donors (Lipinski definition) is 1. The van der Waals surface area contributed by atoms with Gasteiger partial charge in [0, 0.05) is 22.7 Å². The van der Waals surface area contributed by atoms with Crippen LogP contribution in [0.2, 0.25) is 0 Å². The Labute approximate surface area is 216 Å². The Morgan fingerprint density at radius 3 is 2.51 bits per heavy atom. The molecule has 0 spiro atoms. The smallest absolute Gasteiger partial charge is 0.352 e. The maximum atomic E-state index is 17.3. The molecular formula is C24H27Cl3F2O6. The molecule has 0 aliphatic heterocycles. The zero-order chi connectivity index (χ0) is 26.1. The van der Waals surface area contributed by atoms with Gasteiger partial charge in [0.1, 0.15) is 6.17 Å². The summed E-state index contributed by atoms with van der Waals surface area (Å²) in [6.07, 6.45) is -0.175. The highest BCUT2D eigenvalue weighted by Crippen LogP contribution is 2.71. The lowest BCUT2D eigenvalue weighted by Crippen LogP contribution is -2.71. The van der Waals surface area contributed by atoms with E-state index in [2.05, 4.69) is 0 Å². The van der Waals surface area contributed by atoms with Crippen molar-refractivity contribution in [3.05, 3.63) is 23.8 Å². The van der Waals surface area contributed by atoms with E-state index in [1.165, 1.54) is 19.1 Å². The number of esters is 2. The Morgan fingerprint density at radius 1 is 1.26 bits per heavy atom. The van der Waals surface area contributed by atoms with E-state index >= 15 is 8.78 Å². The third-order valence-corrected chi connectivity index (χ3v) is 9.56. The molecule has 0 heterocycles. The lowest BCUT2D eigenvalue weighted by molar-refractivity contribution is -0.238.